The van der Waals surface area contributed by atoms with E-state index in [1.54, 1.807) is 6.07 Å². The summed E-state index contributed by atoms with van der Waals surface area (Å²) in [7, 11) is 1.99. The zero-order chi connectivity index (χ0) is 19.3. The first-order valence-electron chi connectivity index (χ1n) is 8.72. The van der Waals surface area contributed by atoms with E-state index in [0.29, 0.717) is 24.3 Å². The van der Waals surface area contributed by atoms with Crippen molar-refractivity contribution in [3.8, 4) is 5.75 Å². The van der Waals surface area contributed by atoms with Gasteiger partial charge in [0.05, 0.1) is 28.8 Å². The number of likely N-dealkylation sites (N-methyl/N-ethyl adjacent to an activating group) is 1. The standard InChI is InChI=1S/C18H19F2N3O4/c1-21-2-4-22(5-3-21)14-8-13-10(6-11(14)19)17(24)16(27-18(25)26)9-23(13)15-7-12(15)20/h6,8-9,12,15H,2-5,7H2,1H3,(H,25,26)/t12-,15+/m0/s1. The van der Waals surface area contributed by atoms with Crippen molar-refractivity contribution in [2.24, 2.45) is 0 Å². The lowest BCUT2D eigenvalue weighted by atomic mass is 10.1. The van der Waals surface area contributed by atoms with Gasteiger partial charge in [0.2, 0.25) is 5.43 Å². The summed E-state index contributed by atoms with van der Waals surface area (Å²) in [5.41, 5.74) is -0.00605. The quantitative estimate of drug-likeness (QED) is 0.825. The number of alkyl halides is 1. The first-order valence-corrected chi connectivity index (χ1v) is 8.72. The maximum absolute atomic E-state index is 14.8. The van der Waals surface area contributed by atoms with Gasteiger partial charge in [-0.1, -0.05) is 0 Å². The molecule has 0 radical (unpaired) electrons. The normalized spacial score (nSPS) is 22.9. The van der Waals surface area contributed by atoms with Crippen LogP contribution in [0.4, 0.5) is 19.3 Å². The van der Waals surface area contributed by atoms with Crippen LogP contribution in [0.1, 0.15) is 12.5 Å². The van der Waals surface area contributed by atoms with Gasteiger partial charge >= 0.3 is 6.16 Å². The molecule has 2 aliphatic rings. The second-order valence-electron chi connectivity index (χ2n) is 7.03. The highest BCUT2D eigenvalue weighted by molar-refractivity contribution is 5.85. The number of aromatic nitrogens is 1. The Morgan fingerprint density at radius 1 is 1.26 bits per heavy atom. The number of hydrogen-bond donors (Lipinski definition) is 1. The third-order valence-electron chi connectivity index (χ3n) is 5.15. The fourth-order valence-corrected chi connectivity index (χ4v) is 3.50. The van der Waals surface area contributed by atoms with Crippen LogP contribution in [0.3, 0.4) is 0 Å². The minimum atomic E-state index is -1.65. The van der Waals surface area contributed by atoms with Gasteiger partial charge in [-0.2, -0.15) is 0 Å². The maximum Gasteiger partial charge on any atom is 0.511 e. The van der Waals surface area contributed by atoms with Crippen LogP contribution in [0.5, 0.6) is 5.75 Å². The second kappa shape index (κ2) is 6.49. The molecule has 1 aliphatic carbocycles. The fourth-order valence-electron chi connectivity index (χ4n) is 3.50. The van der Waals surface area contributed by atoms with Crippen LogP contribution in [0, 0.1) is 5.82 Å². The molecule has 1 saturated heterocycles. The van der Waals surface area contributed by atoms with Crippen molar-refractivity contribution in [3.05, 3.63) is 34.4 Å². The van der Waals surface area contributed by atoms with Crippen LogP contribution in [0.2, 0.25) is 0 Å². The van der Waals surface area contributed by atoms with Crippen LogP contribution in [-0.2, 0) is 0 Å². The number of hydrogen-bond acceptors (Lipinski definition) is 5. The number of ether oxygens (including phenoxy) is 1. The molecule has 1 aromatic heterocycles. The van der Waals surface area contributed by atoms with Gasteiger partial charge in [-0.15, -0.1) is 0 Å². The van der Waals surface area contributed by atoms with E-state index in [1.165, 1.54) is 10.8 Å². The average molecular weight is 379 g/mol. The number of halogens is 2. The molecule has 1 saturated carbocycles. The van der Waals surface area contributed by atoms with Crippen LogP contribution < -0.4 is 15.1 Å². The van der Waals surface area contributed by atoms with Gasteiger partial charge in [0, 0.05) is 32.6 Å². The lowest BCUT2D eigenvalue weighted by Crippen LogP contribution is -2.44. The molecular formula is C18H19F2N3O4. The van der Waals surface area contributed by atoms with Crippen molar-refractivity contribution >= 4 is 22.7 Å². The molecule has 0 spiro atoms. The van der Waals surface area contributed by atoms with Crippen LogP contribution in [-0.4, -0.2) is 60.1 Å². The van der Waals surface area contributed by atoms with Gasteiger partial charge in [0.15, 0.2) is 5.75 Å². The highest BCUT2D eigenvalue weighted by atomic mass is 19.1. The van der Waals surface area contributed by atoms with E-state index in [2.05, 4.69) is 9.64 Å². The zero-order valence-electron chi connectivity index (χ0n) is 14.7. The molecule has 2 fully saturated rings. The third kappa shape index (κ3) is 3.23. The SMILES string of the molecule is CN1CCN(c2cc3c(cc2F)c(=O)c(OC(=O)O)cn3[C@@H]2C[C@@H]2F)CC1. The molecular weight excluding hydrogens is 360 g/mol. The van der Waals surface area contributed by atoms with Crippen LogP contribution in [0.15, 0.2) is 23.1 Å². The highest BCUT2D eigenvalue weighted by Crippen LogP contribution is 2.41. The molecule has 2 aromatic rings. The Bertz CT molecular complexity index is 969. The molecule has 7 nitrogen and oxygen atoms in total. The smallest absolute Gasteiger partial charge is 0.449 e. The van der Waals surface area contributed by atoms with Gasteiger partial charge in [-0.05, 0) is 19.2 Å². The van der Waals surface area contributed by atoms with E-state index in [1.807, 2.05) is 11.9 Å². The summed E-state index contributed by atoms with van der Waals surface area (Å²) in [4.78, 5) is 27.4. The lowest BCUT2D eigenvalue weighted by Gasteiger charge is -2.34. The van der Waals surface area contributed by atoms with E-state index < -0.39 is 35.4 Å². The summed E-state index contributed by atoms with van der Waals surface area (Å²) in [6.07, 6.45) is -1.29. The molecule has 1 N–H and O–H groups in total. The van der Waals surface area contributed by atoms with E-state index in [4.69, 9.17) is 5.11 Å². The van der Waals surface area contributed by atoms with Gasteiger partial charge < -0.3 is 24.2 Å². The number of benzene rings is 1. The number of carbonyl (C=O) groups is 1. The average Bonchev–Trinajstić information content (AvgIpc) is 3.34. The van der Waals surface area contributed by atoms with E-state index >= 15 is 0 Å². The van der Waals surface area contributed by atoms with Crippen molar-refractivity contribution < 1.29 is 23.4 Å². The summed E-state index contributed by atoms with van der Waals surface area (Å²) in [6, 6.07) is 2.12. The summed E-state index contributed by atoms with van der Waals surface area (Å²) in [5.74, 6) is -1.03. The minimum absolute atomic E-state index is 0.0248. The van der Waals surface area contributed by atoms with Crippen molar-refractivity contribution in [1.29, 1.82) is 0 Å². The molecule has 2 heterocycles. The first kappa shape index (κ1) is 17.7. The predicted molar refractivity (Wildman–Crippen MR) is 95.1 cm³/mol. The first-order chi connectivity index (χ1) is 12.8. The number of fused-ring (bicyclic) bond motifs is 1. The van der Waals surface area contributed by atoms with Crippen molar-refractivity contribution in [3.63, 3.8) is 0 Å². The largest absolute Gasteiger partial charge is 0.511 e. The van der Waals surface area contributed by atoms with Crippen molar-refractivity contribution in [1.82, 2.24) is 9.47 Å². The number of nitrogens with zero attached hydrogens (tertiary/aromatic N) is 3. The van der Waals surface area contributed by atoms with E-state index in [-0.39, 0.29) is 11.8 Å². The van der Waals surface area contributed by atoms with Gasteiger partial charge in [0.25, 0.3) is 0 Å². The maximum atomic E-state index is 14.8. The summed E-state index contributed by atoms with van der Waals surface area (Å²) in [6.45, 7) is 2.84. The lowest BCUT2D eigenvalue weighted by molar-refractivity contribution is 0.143. The summed E-state index contributed by atoms with van der Waals surface area (Å²) < 4.78 is 34.5. The zero-order valence-corrected chi connectivity index (χ0v) is 14.7. The topological polar surface area (TPSA) is 75.0 Å². The van der Waals surface area contributed by atoms with Gasteiger partial charge in [0.1, 0.15) is 12.0 Å². The summed E-state index contributed by atoms with van der Waals surface area (Å²) >= 11 is 0. The number of pyridine rings is 1. The third-order valence-corrected chi connectivity index (χ3v) is 5.15. The molecule has 9 heteroatoms. The monoisotopic (exact) mass is 379 g/mol. The van der Waals surface area contributed by atoms with Gasteiger partial charge in [-0.3, -0.25) is 4.79 Å². The molecule has 0 unspecified atom stereocenters. The fraction of sp³-hybridized carbons (Fsp3) is 0.444. The van der Waals surface area contributed by atoms with E-state index in [0.717, 1.165) is 19.2 Å². The predicted octanol–water partition coefficient (Wildman–Crippen LogP) is 2.23. The number of anilines is 1. The summed E-state index contributed by atoms with van der Waals surface area (Å²) in [5, 5.41) is 8.80. The molecule has 144 valence electrons. The number of piperazine rings is 1. The Balaban J connectivity index is 1.86. The van der Waals surface area contributed by atoms with Gasteiger partial charge in [-0.25, -0.2) is 13.6 Å². The van der Waals surface area contributed by atoms with Crippen LogP contribution in [0.25, 0.3) is 10.9 Å². The minimum Gasteiger partial charge on any atom is -0.449 e. The molecule has 1 aliphatic heterocycles. The Morgan fingerprint density at radius 2 is 1.93 bits per heavy atom. The number of carboxylic acid groups (broad SMARTS) is 1. The van der Waals surface area contributed by atoms with Crippen molar-refractivity contribution in [2.45, 2.75) is 18.6 Å². The Kier molecular flexibility index (Phi) is 4.26. The molecule has 1 aromatic carbocycles. The molecule has 0 bridgehead atoms. The Morgan fingerprint density at radius 3 is 2.52 bits per heavy atom. The molecule has 2 atom stereocenters. The van der Waals surface area contributed by atoms with Crippen molar-refractivity contribution in [2.75, 3.05) is 38.1 Å². The highest BCUT2D eigenvalue weighted by Gasteiger charge is 2.40. The molecule has 4 rings (SSSR count). The second-order valence-corrected chi connectivity index (χ2v) is 7.03. The molecule has 27 heavy (non-hydrogen) atoms. The van der Waals surface area contributed by atoms with Crippen LogP contribution >= 0.6 is 0 Å². The Hall–Kier alpha value is -2.68. The Labute approximate surface area is 153 Å². The van der Waals surface area contributed by atoms with E-state index in [9.17, 15) is 18.4 Å². The molecule has 0 amide bonds. The number of rotatable bonds is 3.